The van der Waals surface area contributed by atoms with E-state index in [1.807, 2.05) is 65.4 Å². The maximum Gasteiger partial charge on any atom is 0.348 e. The number of esters is 1. The molecular formula is C23H22N2O4. The maximum atomic E-state index is 11.9. The normalized spacial score (nSPS) is 11.1. The Labute approximate surface area is 169 Å². The summed E-state index contributed by atoms with van der Waals surface area (Å²) in [6.45, 7) is 3.02. The van der Waals surface area contributed by atoms with E-state index in [0.29, 0.717) is 13.2 Å². The van der Waals surface area contributed by atoms with Crippen molar-refractivity contribution in [2.75, 3.05) is 20.3 Å². The highest BCUT2D eigenvalue weighted by molar-refractivity contribution is 6.01. The van der Waals surface area contributed by atoms with Crippen LogP contribution in [-0.2, 0) is 16.1 Å². The van der Waals surface area contributed by atoms with Crippen LogP contribution in [0, 0.1) is 11.3 Å². The molecule has 0 aliphatic heterocycles. The van der Waals surface area contributed by atoms with Crippen molar-refractivity contribution in [1.82, 2.24) is 4.57 Å². The SMILES string of the molecule is CCOC(=O)/C(C#N)=C/c1cn(CCOc2ccc(OC)cc2)c2ccccc12. The number of ether oxygens (including phenoxy) is 3. The lowest BCUT2D eigenvalue weighted by Gasteiger charge is -2.09. The Hall–Kier alpha value is -3.72. The lowest BCUT2D eigenvalue weighted by molar-refractivity contribution is -0.137. The van der Waals surface area contributed by atoms with Crippen LogP contribution in [0.15, 0.2) is 60.3 Å². The second kappa shape index (κ2) is 9.47. The number of aromatic nitrogens is 1. The standard InChI is InChI=1S/C23H22N2O4/c1-3-28-23(26)17(15-24)14-18-16-25(22-7-5-4-6-21(18)22)12-13-29-20-10-8-19(27-2)9-11-20/h4-11,14,16H,3,12-13H2,1-2H3/b17-14+. The minimum atomic E-state index is -0.616. The molecule has 0 aliphatic rings. The molecule has 148 valence electrons. The summed E-state index contributed by atoms with van der Waals surface area (Å²) >= 11 is 0. The number of rotatable bonds is 8. The minimum Gasteiger partial charge on any atom is -0.497 e. The predicted molar refractivity (Wildman–Crippen MR) is 111 cm³/mol. The zero-order valence-electron chi connectivity index (χ0n) is 16.4. The van der Waals surface area contributed by atoms with Gasteiger partial charge < -0.3 is 18.8 Å². The fraction of sp³-hybridized carbons (Fsp3) is 0.217. The molecule has 2 aromatic carbocycles. The Morgan fingerprint density at radius 3 is 2.55 bits per heavy atom. The van der Waals surface area contributed by atoms with E-state index < -0.39 is 5.97 Å². The van der Waals surface area contributed by atoms with E-state index in [1.54, 1.807) is 20.1 Å². The van der Waals surface area contributed by atoms with Crippen LogP contribution in [0.25, 0.3) is 17.0 Å². The molecule has 0 radical (unpaired) electrons. The van der Waals surface area contributed by atoms with Crippen molar-refractivity contribution in [2.24, 2.45) is 0 Å². The Morgan fingerprint density at radius 2 is 1.86 bits per heavy atom. The van der Waals surface area contributed by atoms with Gasteiger partial charge in [0.15, 0.2) is 0 Å². The molecule has 0 unspecified atom stereocenters. The molecule has 0 N–H and O–H groups in total. The molecule has 3 rings (SSSR count). The molecule has 6 heteroatoms. The minimum absolute atomic E-state index is 0.0239. The Balaban J connectivity index is 1.80. The Bertz CT molecular complexity index is 1060. The van der Waals surface area contributed by atoms with E-state index in [9.17, 15) is 10.1 Å². The molecule has 0 aliphatic carbocycles. The van der Waals surface area contributed by atoms with Gasteiger partial charge in [-0.05, 0) is 43.3 Å². The zero-order chi connectivity index (χ0) is 20.6. The van der Waals surface area contributed by atoms with Crippen molar-refractivity contribution < 1.29 is 19.0 Å². The van der Waals surface area contributed by atoms with Crippen LogP contribution in [0.1, 0.15) is 12.5 Å². The number of carbonyl (C=O) groups is 1. The first-order valence-corrected chi connectivity index (χ1v) is 9.30. The first kappa shape index (κ1) is 20.0. The van der Waals surface area contributed by atoms with Gasteiger partial charge in [0, 0.05) is 22.7 Å². The van der Waals surface area contributed by atoms with Crippen molar-refractivity contribution in [2.45, 2.75) is 13.5 Å². The first-order valence-electron chi connectivity index (χ1n) is 9.30. The third-order valence-electron chi connectivity index (χ3n) is 4.40. The summed E-state index contributed by atoms with van der Waals surface area (Å²) in [7, 11) is 1.62. The van der Waals surface area contributed by atoms with Gasteiger partial charge in [-0.3, -0.25) is 0 Å². The van der Waals surface area contributed by atoms with Gasteiger partial charge >= 0.3 is 5.97 Å². The molecule has 1 heterocycles. The molecule has 29 heavy (non-hydrogen) atoms. The van der Waals surface area contributed by atoms with Crippen molar-refractivity contribution in [3.8, 4) is 17.6 Å². The number of benzene rings is 2. The molecule has 6 nitrogen and oxygen atoms in total. The number of nitriles is 1. The number of para-hydroxylation sites is 1. The number of hydrogen-bond acceptors (Lipinski definition) is 5. The second-order valence-electron chi connectivity index (χ2n) is 6.21. The van der Waals surface area contributed by atoms with Crippen LogP contribution in [0.4, 0.5) is 0 Å². The first-order chi connectivity index (χ1) is 14.2. The van der Waals surface area contributed by atoms with Gasteiger partial charge in [-0.25, -0.2) is 4.79 Å². The Kier molecular flexibility index (Phi) is 6.54. The summed E-state index contributed by atoms with van der Waals surface area (Å²) in [5, 5.41) is 10.3. The maximum absolute atomic E-state index is 11.9. The highest BCUT2D eigenvalue weighted by Crippen LogP contribution is 2.24. The highest BCUT2D eigenvalue weighted by Gasteiger charge is 2.13. The third kappa shape index (κ3) is 4.77. The van der Waals surface area contributed by atoms with E-state index in [2.05, 4.69) is 0 Å². The molecule has 3 aromatic rings. The molecule has 0 fully saturated rings. The number of nitrogens with zero attached hydrogens (tertiary/aromatic N) is 2. The molecule has 0 atom stereocenters. The van der Waals surface area contributed by atoms with Crippen molar-refractivity contribution in [1.29, 1.82) is 5.26 Å². The fourth-order valence-electron chi connectivity index (χ4n) is 3.01. The highest BCUT2D eigenvalue weighted by atomic mass is 16.5. The van der Waals surface area contributed by atoms with Gasteiger partial charge in [-0.15, -0.1) is 0 Å². The lowest BCUT2D eigenvalue weighted by Crippen LogP contribution is -2.07. The van der Waals surface area contributed by atoms with Crippen molar-refractivity contribution >= 4 is 22.9 Å². The lowest BCUT2D eigenvalue weighted by atomic mass is 10.1. The summed E-state index contributed by atoms with van der Waals surface area (Å²) in [6, 6.07) is 17.2. The van der Waals surface area contributed by atoms with Crippen LogP contribution in [0.3, 0.4) is 0 Å². The van der Waals surface area contributed by atoms with Crippen LogP contribution < -0.4 is 9.47 Å². The third-order valence-corrected chi connectivity index (χ3v) is 4.40. The summed E-state index contributed by atoms with van der Waals surface area (Å²) in [5.74, 6) is 0.922. The van der Waals surface area contributed by atoms with E-state index in [1.165, 1.54) is 0 Å². The Morgan fingerprint density at radius 1 is 1.14 bits per heavy atom. The van der Waals surface area contributed by atoms with Gasteiger partial charge in [0.2, 0.25) is 0 Å². The van der Waals surface area contributed by atoms with Gasteiger partial charge in [0.25, 0.3) is 0 Å². The largest absolute Gasteiger partial charge is 0.497 e. The van der Waals surface area contributed by atoms with Gasteiger partial charge in [-0.1, -0.05) is 18.2 Å². The molecule has 0 spiro atoms. The van der Waals surface area contributed by atoms with E-state index in [0.717, 1.165) is 28.0 Å². The van der Waals surface area contributed by atoms with E-state index in [4.69, 9.17) is 14.2 Å². The zero-order valence-corrected chi connectivity index (χ0v) is 16.4. The predicted octanol–water partition coefficient (Wildman–Crippen LogP) is 4.20. The number of hydrogen-bond donors (Lipinski definition) is 0. The average Bonchev–Trinajstić information content (AvgIpc) is 3.10. The van der Waals surface area contributed by atoms with Gasteiger partial charge in [0.05, 0.1) is 20.3 Å². The topological polar surface area (TPSA) is 73.5 Å². The number of carbonyl (C=O) groups excluding carboxylic acids is 1. The molecule has 0 saturated carbocycles. The van der Waals surface area contributed by atoms with Crippen LogP contribution in [0.5, 0.6) is 11.5 Å². The number of methoxy groups -OCH3 is 1. The van der Waals surface area contributed by atoms with Crippen molar-refractivity contribution in [3.05, 3.63) is 65.9 Å². The van der Waals surface area contributed by atoms with Crippen LogP contribution in [-0.4, -0.2) is 30.9 Å². The monoisotopic (exact) mass is 390 g/mol. The molecule has 0 amide bonds. The smallest absolute Gasteiger partial charge is 0.348 e. The summed E-state index contributed by atoms with van der Waals surface area (Å²) in [5.41, 5.74) is 1.76. The van der Waals surface area contributed by atoms with Crippen molar-refractivity contribution in [3.63, 3.8) is 0 Å². The molecule has 0 saturated heterocycles. The fourth-order valence-corrected chi connectivity index (χ4v) is 3.01. The number of fused-ring (bicyclic) bond motifs is 1. The van der Waals surface area contributed by atoms with Crippen LogP contribution in [0.2, 0.25) is 0 Å². The quantitative estimate of drug-likeness (QED) is 0.327. The molecular weight excluding hydrogens is 368 g/mol. The van der Waals surface area contributed by atoms with E-state index >= 15 is 0 Å². The average molecular weight is 390 g/mol. The summed E-state index contributed by atoms with van der Waals surface area (Å²) < 4.78 is 18.0. The summed E-state index contributed by atoms with van der Waals surface area (Å²) in [4.78, 5) is 11.9. The molecule has 0 bridgehead atoms. The molecule has 1 aromatic heterocycles. The summed E-state index contributed by atoms with van der Waals surface area (Å²) in [6.07, 6.45) is 3.49. The van der Waals surface area contributed by atoms with Crippen LogP contribution >= 0.6 is 0 Å². The van der Waals surface area contributed by atoms with Gasteiger partial charge in [-0.2, -0.15) is 5.26 Å². The second-order valence-corrected chi connectivity index (χ2v) is 6.21. The van der Waals surface area contributed by atoms with E-state index in [-0.39, 0.29) is 12.2 Å². The van der Waals surface area contributed by atoms with Gasteiger partial charge in [0.1, 0.15) is 29.7 Å².